The molecule has 0 aliphatic rings. The Kier molecular flexibility index (Phi) is 7.25. The average Bonchev–Trinajstić information content (AvgIpc) is 3.35. The molecule has 0 fully saturated rings. The van der Waals surface area contributed by atoms with Gasteiger partial charge in [-0.15, -0.1) is 0 Å². The van der Waals surface area contributed by atoms with Gasteiger partial charge in [0.25, 0.3) is 0 Å². The van der Waals surface area contributed by atoms with Crippen molar-refractivity contribution in [2.75, 3.05) is 0 Å². The average molecular weight is 475 g/mol. The highest BCUT2D eigenvalue weighted by Gasteiger charge is 2.19. The van der Waals surface area contributed by atoms with Crippen molar-refractivity contribution in [3.8, 4) is 16.9 Å². The molecule has 4 aromatic carbocycles. The highest BCUT2D eigenvalue weighted by atomic mass is 16.5. The van der Waals surface area contributed by atoms with Gasteiger partial charge in [0.15, 0.2) is 0 Å². The van der Waals surface area contributed by atoms with E-state index >= 15 is 0 Å². The molecule has 180 valence electrons. The van der Waals surface area contributed by atoms with Crippen LogP contribution in [0.4, 0.5) is 0 Å². The van der Waals surface area contributed by atoms with Gasteiger partial charge < -0.3 is 14.0 Å². The second kappa shape index (κ2) is 11.1. The largest absolute Gasteiger partial charge is 0.489 e. The van der Waals surface area contributed by atoms with Crippen molar-refractivity contribution in [3.05, 3.63) is 144 Å². The van der Waals surface area contributed by atoms with E-state index in [4.69, 9.17) is 9.47 Å². The molecule has 0 N–H and O–H groups in total. The number of imidazole rings is 1. The van der Waals surface area contributed by atoms with Gasteiger partial charge in [-0.1, -0.05) is 84.9 Å². The van der Waals surface area contributed by atoms with Crippen molar-refractivity contribution < 1.29 is 9.47 Å². The fourth-order valence-electron chi connectivity index (χ4n) is 4.34. The Hall–Kier alpha value is -4.15. The van der Waals surface area contributed by atoms with E-state index in [9.17, 15) is 0 Å². The van der Waals surface area contributed by atoms with Gasteiger partial charge in [-0.05, 0) is 58.5 Å². The third-order valence-corrected chi connectivity index (χ3v) is 6.36. The fraction of sp³-hybridized carbons (Fsp3) is 0.156. The Balaban J connectivity index is 1.33. The quantitative estimate of drug-likeness (QED) is 0.225. The normalized spacial score (nSPS) is 11.8. The Morgan fingerprint density at radius 1 is 0.778 bits per heavy atom. The van der Waals surface area contributed by atoms with Crippen LogP contribution in [0, 0.1) is 6.92 Å². The third kappa shape index (κ3) is 5.56. The van der Waals surface area contributed by atoms with Gasteiger partial charge in [0.05, 0.1) is 24.8 Å². The van der Waals surface area contributed by atoms with E-state index in [1.165, 1.54) is 16.7 Å². The first kappa shape index (κ1) is 23.6. The summed E-state index contributed by atoms with van der Waals surface area (Å²) in [5.41, 5.74) is 8.01. The number of aryl methyl sites for hydroxylation is 2. The Morgan fingerprint density at radius 3 is 2.28 bits per heavy atom. The van der Waals surface area contributed by atoms with Gasteiger partial charge in [-0.2, -0.15) is 0 Å². The molecular formula is C32H30N2O2. The molecule has 1 atom stereocenters. The molecule has 5 rings (SSSR count). The smallest absolute Gasteiger partial charge is 0.124 e. The molecule has 0 bridgehead atoms. The van der Waals surface area contributed by atoms with Crippen LogP contribution in [0.3, 0.4) is 0 Å². The van der Waals surface area contributed by atoms with E-state index < -0.39 is 0 Å². The summed E-state index contributed by atoms with van der Waals surface area (Å²) in [5.74, 6) is 0.844. The Morgan fingerprint density at radius 2 is 1.53 bits per heavy atom. The van der Waals surface area contributed by atoms with E-state index in [1.807, 2.05) is 54.5 Å². The van der Waals surface area contributed by atoms with Crippen LogP contribution in [-0.2, 0) is 25.0 Å². The first-order valence-corrected chi connectivity index (χ1v) is 12.2. The maximum atomic E-state index is 6.53. The molecule has 36 heavy (non-hydrogen) atoms. The third-order valence-electron chi connectivity index (χ3n) is 6.36. The van der Waals surface area contributed by atoms with Crippen LogP contribution in [0.25, 0.3) is 11.1 Å². The van der Waals surface area contributed by atoms with Crippen molar-refractivity contribution in [1.82, 2.24) is 9.55 Å². The van der Waals surface area contributed by atoms with E-state index in [0.29, 0.717) is 13.2 Å². The van der Waals surface area contributed by atoms with Crippen LogP contribution in [0.5, 0.6) is 5.75 Å². The van der Waals surface area contributed by atoms with Gasteiger partial charge >= 0.3 is 0 Å². The molecule has 0 aliphatic carbocycles. The van der Waals surface area contributed by atoms with Gasteiger partial charge in [0.2, 0.25) is 0 Å². The maximum Gasteiger partial charge on any atom is 0.124 e. The predicted molar refractivity (Wildman–Crippen MR) is 144 cm³/mol. The molecule has 0 spiro atoms. The van der Waals surface area contributed by atoms with Crippen LogP contribution in [0.2, 0.25) is 0 Å². The fourth-order valence-corrected chi connectivity index (χ4v) is 4.34. The van der Waals surface area contributed by atoms with Crippen LogP contribution in [-0.4, -0.2) is 9.55 Å². The lowest BCUT2D eigenvalue weighted by atomic mass is 9.96. The summed E-state index contributed by atoms with van der Waals surface area (Å²) in [7, 11) is 2.00. The Bertz CT molecular complexity index is 1410. The van der Waals surface area contributed by atoms with Crippen molar-refractivity contribution >= 4 is 0 Å². The zero-order valence-electron chi connectivity index (χ0n) is 20.7. The number of benzene rings is 4. The molecule has 0 saturated carbocycles. The summed E-state index contributed by atoms with van der Waals surface area (Å²) in [6, 6.07) is 35.4. The topological polar surface area (TPSA) is 36.3 Å². The number of hydrogen-bond donors (Lipinski definition) is 0. The van der Waals surface area contributed by atoms with Crippen LogP contribution < -0.4 is 4.74 Å². The Labute approximate surface area is 212 Å². The minimum absolute atomic E-state index is 0.240. The van der Waals surface area contributed by atoms with Gasteiger partial charge in [0, 0.05) is 7.05 Å². The summed E-state index contributed by atoms with van der Waals surface area (Å²) in [6.45, 7) is 3.17. The molecule has 4 nitrogen and oxygen atoms in total. The molecular weight excluding hydrogens is 444 g/mol. The molecule has 0 saturated heterocycles. The molecule has 1 unspecified atom stereocenters. The number of aromatic nitrogens is 2. The summed E-state index contributed by atoms with van der Waals surface area (Å²) in [5, 5.41) is 0. The molecule has 1 heterocycles. The van der Waals surface area contributed by atoms with Crippen LogP contribution in [0.15, 0.2) is 116 Å². The first-order chi connectivity index (χ1) is 17.7. The van der Waals surface area contributed by atoms with E-state index in [-0.39, 0.29) is 6.10 Å². The molecule has 0 radical (unpaired) electrons. The van der Waals surface area contributed by atoms with Crippen molar-refractivity contribution in [2.45, 2.75) is 26.2 Å². The standard InChI is InChI=1S/C32H30N2O2/c1-24-9-6-7-14-30(24)27-12-8-13-28(19-27)32(31-20-33-23-34(31)2)36-22-26-15-17-29(18-16-26)35-21-25-10-4-3-5-11-25/h3-20,23,32H,21-22H2,1-2H3. The van der Waals surface area contributed by atoms with E-state index in [2.05, 4.69) is 84.7 Å². The van der Waals surface area contributed by atoms with Gasteiger partial charge in [0.1, 0.15) is 18.5 Å². The lowest BCUT2D eigenvalue weighted by molar-refractivity contribution is 0.0622. The SMILES string of the molecule is Cc1ccccc1-c1cccc(C(OCc2ccc(OCc3ccccc3)cc2)c2cncn2C)c1. The van der Waals surface area contributed by atoms with Gasteiger partial charge in [-0.3, -0.25) is 0 Å². The second-order valence-electron chi connectivity index (χ2n) is 8.98. The van der Waals surface area contributed by atoms with Crippen LogP contribution >= 0.6 is 0 Å². The van der Waals surface area contributed by atoms with Gasteiger partial charge in [-0.25, -0.2) is 4.98 Å². The summed E-state index contributed by atoms with van der Waals surface area (Å²) in [4.78, 5) is 4.34. The summed E-state index contributed by atoms with van der Waals surface area (Å²) in [6.07, 6.45) is 3.46. The molecule has 4 heteroatoms. The lowest BCUT2D eigenvalue weighted by Crippen LogP contribution is -2.10. The number of rotatable bonds is 9. The minimum atomic E-state index is -0.240. The molecule has 5 aromatic rings. The van der Waals surface area contributed by atoms with E-state index in [1.54, 1.807) is 0 Å². The minimum Gasteiger partial charge on any atom is -0.489 e. The number of nitrogens with zero attached hydrogens (tertiary/aromatic N) is 2. The van der Waals surface area contributed by atoms with E-state index in [0.717, 1.165) is 28.1 Å². The zero-order valence-corrected chi connectivity index (χ0v) is 20.7. The summed E-state index contributed by atoms with van der Waals surface area (Å²) < 4.78 is 14.5. The number of ether oxygens (including phenoxy) is 2. The molecule has 1 aromatic heterocycles. The molecule has 0 aliphatic heterocycles. The second-order valence-corrected chi connectivity index (χ2v) is 8.98. The zero-order chi connectivity index (χ0) is 24.7. The monoisotopic (exact) mass is 474 g/mol. The summed E-state index contributed by atoms with van der Waals surface area (Å²) >= 11 is 0. The van der Waals surface area contributed by atoms with Crippen molar-refractivity contribution in [2.24, 2.45) is 7.05 Å². The molecule has 0 amide bonds. The predicted octanol–water partition coefficient (Wildman–Crippen LogP) is 7.28. The van der Waals surface area contributed by atoms with Crippen molar-refractivity contribution in [3.63, 3.8) is 0 Å². The highest BCUT2D eigenvalue weighted by molar-refractivity contribution is 5.67. The van der Waals surface area contributed by atoms with Crippen molar-refractivity contribution in [1.29, 1.82) is 0 Å². The highest BCUT2D eigenvalue weighted by Crippen LogP contribution is 2.31. The maximum absolute atomic E-state index is 6.53. The lowest BCUT2D eigenvalue weighted by Gasteiger charge is -2.20. The van der Waals surface area contributed by atoms with Crippen LogP contribution in [0.1, 0.15) is 34.1 Å². The number of hydrogen-bond acceptors (Lipinski definition) is 3. The first-order valence-electron chi connectivity index (χ1n) is 12.2.